The van der Waals surface area contributed by atoms with E-state index in [1.54, 1.807) is 0 Å². The topological polar surface area (TPSA) is 129 Å². The number of aryl methyl sites for hydroxylation is 1. The number of aromatic amines is 1. The van der Waals surface area contributed by atoms with Gasteiger partial charge in [-0.1, -0.05) is 36.9 Å². The van der Waals surface area contributed by atoms with Crippen molar-refractivity contribution in [2.45, 2.75) is 56.8 Å². The van der Waals surface area contributed by atoms with E-state index in [2.05, 4.69) is 32.8 Å². The maximum Gasteiger partial charge on any atom is 0.344 e. The number of imide groups is 1. The van der Waals surface area contributed by atoms with Crippen molar-refractivity contribution in [3.8, 4) is 5.75 Å². The lowest BCUT2D eigenvalue weighted by Crippen LogP contribution is -2.51. The normalized spacial score (nSPS) is 22.8. The number of rotatable bonds is 7. The van der Waals surface area contributed by atoms with Crippen LogP contribution in [0.4, 0.5) is 4.79 Å². The van der Waals surface area contributed by atoms with Crippen molar-refractivity contribution >= 4 is 29.6 Å². The van der Waals surface area contributed by atoms with Gasteiger partial charge in [0, 0.05) is 0 Å². The minimum atomic E-state index is -0.889. The Hall–Kier alpha value is -3.08. The van der Waals surface area contributed by atoms with Crippen LogP contribution in [0.1, 0.15) is 44.0 Å². The molecule has 2 aromatic rings. The number of nitrogens with one attached hydrogen (secondary N) is 3. The zero-order chi connectivity index (χ0) is 22.7. The smallest absolute Gasteiger partial charge is 0.344 e. The number of aromatic nitrogens is 3. The molecular formula is C21H26N6O4S. The third-order valence-electron chi connectivity index (χ3n) is 5.83. The lowest BCUT2D eigenvalue weighted by molar-refractivity contribution is -0.139. The van der Waals surface area contributed by atoms with Crippen molar-refractivity contribution in [1.82, 2.24) is 30.9 Å². The maximum atomic E-state index is 12.8. The third-order valence-corrected chi connectivity index (χ3v) is 6.67. The highest BCUT2D eigenvalue weighted by molar-refractivity contribution is 7.99. The van der Waals surface area contributed by atoms with E-state index in [0.29, 0.717) is 29.7 Å². The second-order valence-corrected chi connectivity index (χ2v) is 9.22. The molecule has 0 atom stereocenters. The fourth-order valence-electron chi connectivity index (χ4n) is 3.87. The van der Waals surface area contributed by atoms with E-state index in [0.717, 1.165) is 40.9 Å². The van der Waals surface area contributed by atoms with Crippen molar-refractivity contribution in [1.29, 1.82) is 0 Å². The van der Waals surface area contributed by atoms with Crippen LogP contribution in [0.2, 0.25) is 0 Å². The summed E-state index contributed by atoms with van der Waals surface area (Å²) in [5.74, 6) is 0.897. The van der Waals surface area contributed by atoms with Gasteiger partial charge in [-0.05, 0) is 50.2 Å². The summed E-state index contributed by atoms with van der Waals surface area (Å²) in [5, 5.41) is 10.8. The first kappa shape index (κ1) is 22.1. The molecule has 10 nitrogen and oxygen atoms in total. The molecule has 0 unspecified atom stereocenters. The molecule has 1 aromatic heterocycles. The van der Waals surface area contributed by atoms with Crippen molar-refractivity contribution in [3.05, 3.63) is 35.7 Å². The van der Waals surface area contributed by atoms with Crippen LogP contribution in [0.15, 0.2) is 29.4 Å². The number of hydrazine groups is 1. The highest BCUT2D eigenvalue weighted by Gasteiger charge is 2.52. The molecule has 1 aliphatic heterocycles. The molecule has 1 aliphatic carbocycles. The molecule has 0 bridgehead atoms. The van der Waals surface area contributed by atoms with Crippen molar-refractivity contribution in [2.24, 2.45) is 5.92 Å². The van der Waals surface area contributed by atoms with Gasteiger partial charge in [-0.25, -0.2) is 9.78 Å². The summed E-state index contributed by atoms with van der Waals surface area (Å²) in [7, 11) is 0. The summed E-state index contributed by atoms with van der Waals surface area (Å²) in [5.41, 5.74) is 2.54. The fourth-order valence-corrected chi connectivity index (χ4v) is 4.48. The van der Waals surface area contributed by atoms with Gasteiger partial charge in [0.1, 0.15) is 17.9 Å². The number of para-hydroxylation sites is 1. The summed E-state index contributed by atoms with van der Waals surface area (Å²) in [6.07, 6.45) is 2.91. The van der Waals surface area contributed by atoms with Crippen LogP contribution in [0.3, 0.4) is 0 Å². The summed E-state index contributed by atoms with van der Waals surface area (Å²) < 4.78 is 5.72. The molecule has 1 saturated carbocycles. The van der Waals surface area contributed by atoms with E-state index in [9.17, 15) is 14.4 Å². The highest BCUT2D eigenvalue weighted by atomic mass is 32.2. The van der Waals surface area contributed by atoms with Crippen LogP contribution in [0.25, 0.3) is 0 Å². The van der Waals surface area contributed by atoms with Gasteiger partial charge in [-0.3, -0.25) is 20.1 Å². The summed E-state index contributed by atoms with van der Waals surface area (Å²) in [4.78, 5) is 41.7. The number of carbonyl (C=O) groups excluding carboxylic acids is 3. The Kier molecular flexibility index (Phi) is 6.35. The molecule has 1 spiro atoms. The van der Waals surface area contributed by atoms with Gasteiger partial charge in [0.05, 0.1) is 5.75 Å². The van der Waals surface area contributed by atoms with Crippen molar-refractivity contribution in [3.63, 3.8) is 0 Å². The largest absolute Gasteiger partial charge is 0.485 e. The monoisotopic (exact) mass is 458 g/mol. The van der Waals surface area contributed by atoms with Gasteiger partial charge in [-0.15, -0.1) is 5.10 Å². The van der Waals surface area contributed by atoms with E-state index in [-0.39, 0.29) is 18.3 Å². The van der Waals surface area contributed by atoms with E-state index < -0.39 is 17.5 Å². The minimum Gasteiger partial charge on any atom is -0.485 e. The second-order valence-electron chi connectivity index (χ2n) is 8.28. The number of ether oxygens (including phenoxy) is 1. The average Bonchev–Trinajstić information content (AvgIpc) is 3.32. The molecule has 2 aliphatic rings. The molecule has 11 heteroatoms. The molecule has 2 heterocycles. The van der Waals surface area contributed by atoms with E-state index in [4.69, 9.17) is 4.74 Å². The quantitative estimate of drug-likeness (QED) is 0.429. The predicted molar refractivity (Wildman–Crippen MR) is 117 cm³/mol. The first-order chi connectivity index (χ1) is 15.4. The molecule has 32 heavy (non-hydrogen) atoms. The van der Waals surface area contributed by atoms with E-state index in [1.165, 1.54) is 0 Å². The number of carbonyl (C=O) groups is 3. The Bertz CT molecular complexity index is 1020. The summed E-state index contributed by atoms with van der Waals surface area (Å²) in [6.45, 7) is 4.31. The first-order valence-corrected chi connectivity index (χ1v) is 11.5. The highest BCUT2D eigenvalue weighted by Crippen LogP contribution is 2.35. The van der Waals surface area contributed by atoms with Crippen LogP contribution >= 0.6 is 11.8 Å². The summed E-state index contributed by atoms with van der Waals surface area (Å²) >= 11 is 1.10. The third kappa shape index (κ3) is 4.72. The van der Waals surface area contributed by atoms with Gasteiger partial charge in [-0.2, -0.15) is 5.01 Å². The molecule has 3 N–H and O–H groups in total. The predicted octanol–water partition coefficient (Wildman–Crippen LogP) is 2.32. The Balaban J connectivity index is 1.26. The van der Waals surface area contributed by atoms with E-state index in [1.807, 2.05) is 31.2 Å². The zero-order valence-electron chi connectivity index (χ0n) is 18.0. The number of benzene rings is 1. The second kappa shape index (κ2) is 9.19. The van der Waals surface area contributed by atoms with Gasteiger partial charge in [0.25, 0.3) is 5.91 Å². The Morgan fingerprint density at radius 3 is 2.81 bits per heavy atom. The number of hydrogen-bond acceptors (Lipinski definition) is 7. The van der Waals surface area contributed by atoms with Crippen LogP contribution < -0.4 is 15.5 Å². The van der Waals surface area contributed by atoms with Gasteiger partial charge in [0.15, 0.2) is 5.82 Å². The van der Waals surface area contributed by atoms with Gasteiger partial charge >= 0.3 is 6.03 Å². The van der Waals surface area contributed by atoms with Gasteiger partial charge in [0.2, 0.25) is 11.1 Å². The Morgan fingerprint density at radius 2 is 2.06 bits per heavy atom. The Morgan fingerprint density at radius 1 is 1.31 bits per heavy atom. The molecular weight excluding hydrogens is 432 g/mol. The molecule has 4 amide bonds. The summed E-state index contributed by atoms with van der Waals surface area (Å²) in [6, 6.07) is 7.07. The lowest BCUT2D eigenvalue weighted by atomic mass is 9.77. The minimum absolute atomic E-state index is 0.0446. The standard InChI is InChI=1S/C21H26N6O4S/c1-13-7-9-21(10-8-13)18(29)27(20(30)23-21)26-17(28)12-32-19-22-16(24-25-19)11-31-15-6-4-3-5-14(15)2/h3-6,13H,7-12H2,1-2H3,(H,23,30)(H,26,28)(H,22,24,25). The van der Waals surface area contributed by atoms with Crippen molar-refractivity contribution < 1.29 is 19.1 Å². The number of amides is 4. The number of thioether (sulfide) groups is 1. The fraction of sp³-hybridized carbons (Fsp3) is 0.476. The number of nitrogens with zero attached hydrogens (tertiary/aromatic N) is 3. The lowest BCUT2D eigenvalue weighted by Gasteiger charge is -2.33. The number of H-pyrrole nitrogens is 1. The number of hydrogen-bond donors (Lipinski definition) is 3. The zero-order valence-corrected chi connectivity index (χ0v) is 18.8. The average molecular weight is 459 g/mol. The maximum absolute atomic E-state index is 12.8. The number of urea groups is 1. The molecule has 0 radical (unpaired) electrons. The molecule has 170 valence electrons. The van der Waals surface area contributed by atoms with Crippen LogP contribution in [-0.2, 0) is 16.2 Å². The molecule has 1 aromatic carbocycles. The van der Waals surface area contributed by atoms with Crippen LogP contribution in [-0.4, -0.2) is 49.3 Å². The SMILES string of the molecule is Cc1ccccc1OCc1nc(SCC(=O)NN2C(=O)NC3(CCC(C)CC3)C2=O)n[nH]1. The van der Waals surface area contributed by atoms with Crippen molar-refractivity contribution in [2.75, 3.05) is 5.75 Å². The van der Waals surface area contributed by atoms with Crippen LogP contribution in [0.5, 0.6) is 5.75 Å². The Labute approximate surface area is 189 Å². The molecule has 1 saturated heterocycles. The molecule has 2 fully saturated rings. The van der Waals surface area contributed by atoms with Crippen LogP contribution in [0, 0.1) is 12.8 Å². The molecule has 4 rings (SSSR count). The first-order valence-electron chi connectivity index (χ1n) is 10.5. The van der Waals surface area contributed by atoms with Gasteiger partial charge < -0.3 is 10.1 Å². The van der Waals surface area contributed by atoms with E-state index >= 15 is 0 Å².